The van der Waals surface area contributed by atoms with Crippen LogP contribution in [-0.2, 0) is 16.0 Å². The van der Waals surface area contributed by atoms with Gasteiger partial charge in [-0.2, -0.15) is 18.3 Å². The minimum atomic E-state index is -5.08. The number of carboxylic acids is 1. The average molecular weight is 527 g/mol. The van der Waals surface area contributed by atoms with Gasteiger partial charge in [-0.3, -0.25) is 9.89 Å². The summed E-state index contributed by atoms with van der Waals surface area (Å²) in [4.78, 5) is 23.4. The molecule has 0 saturated carbocycles. The quantitative estimate of drug-likeness (QED) is 0.461. The van der Waals surface area contributed by atoms with Crippen LogP contribution >= 0.6 is 15.9 Å². The number of aromatic nitrogens is 2. The lowest BCUT2D eigenvalue weighted by molar-refractivity contribution is -0.192. The van der Waals surface area contributed by atoms with E-state index in [9.17, 15) is 18.0 Å². The summed E-state index contributed by atoms with van der Waals surface area (Å²) in [5.41, 5.74) is 3.22. The number of fused-ring (bicyclic) bond motifs is 1. The van der Waals surface area contributed by atoms with Gasteiger partial charge in [0.05, 0.1) is 18.1 Å². The number of anilines is 1. The summed E-state index contributed by atoms with van der Waals surface area (Å²) in [6, 6.07) is 14.6. The number of aliphatic carboxylic acids is 1. The molecule has 176 valence electrons. The fourth-order valence-corrected chi connectivity index (χ4v) is 3.69. The molecule has 1 amide bonds. The van der Waals surface area contributed by atoms with Crippen molar-refractivity contribution >= 4 is 44.4 Å². The maximum atomic E-state index is 12.5. The summed E-state index contributed by atoms with van der Waals surface area (Å²) in [6.45, 7) is 1.61. The molecule has 0 aliphatic carbocycles. The predicted octanol–water partition coefficient (Wildman–Crippen LogP) is 4.60. The average Bonchev–Trinajstić information content (AvgIpc) is 3.23. The molecule has 0 atom stereocenters. The van der Waals surface area contributed by atoms with Crippen molar-refractivity contribution in [3.8, 4) is 0 Å². The number of piperidine rings is 1. The highest BCUT2D eigenvalue weighted by Crippen LogP contribution is 2.21. The highest BCUT2D eigenvalue weighted by molar-refractivity contribution is 9.10. The second-order valence-electron chi connectivity index (χ2n) is 7.58. The van der Waals surface area contributed by atoms with Crippen molar-refractivity contribution in [2.45, 2.75) is 31.5 Å². The summed E-state index contributed by atoms with van der Waals surface area (Å²) in [5, 5.41) is 18.9. The monoisotopic (exact) mass is 526 g/mol. The summed E-state index contributed by atoms with van der Waals surface area (Å²) >= 11 is 3.43. The smallest absolute Gasteiger partial charge is 0.475 e. The van der Waals surface area contributed by atoms with Crippen molar-refractivity contribution in [1.82, 2.24) is 15.1 Å². The molecule has 11 heteroatoms. The van der Waals surface area contributed by atoms with E-state index in [-0.39, 0.29) is 5.91 Å². The topological polar surface area (TPSA) is 98.3 Å². The Morgan fingerprint density at radius 2 is 1.79 bits per heavy atom. The third-order valence-corrected chi connectivity index (χ3v) is 5.70. The van der Waals surface area contributed by atoms with Crippen LogP contribution in [0.3, 0.4) is 0 Å². The van der Waals surface area contributed by atoms with Crippen LogP contribution in [0.4, 0.5) is 18.9 Å². The Morgan fingerprint density at radius 3 is 2.39 bits per heavy atom. The minimum Gasteiger partial charge on any atom is -0.475 e. The van der Waals surface area contributed by atoms with Crippen LogP contribution in [0.1, 0.15) is 18.4 Å². The van der Waals surface area contributed by atoms with Crippen LogP contribution in [0, 0.1) is 0 Å². The zero-order valence-corrected chi connectivity index (χ0v) is 19.0. The minimum absolute atomic E-state index is 0.214. The van der Waals surface area contributed by atoms with Gasteiger partial charge in [-0.05, 0) is 48.7 Å². The number of likely N-dealkylation sites (tertiary alicyclic amines) is 1. The molecule has 2 heterocycles. The number of amides is 1. The lowest BCUT2D eigenvalue weighted by Gasteiger charge is -2.33. The van der Waals surface area contributed by atoms with Crippen molar-refractivity contribution < 1.29 is 27.9 Å². The standard InChI is InChI=1S/C20H21BrN4O.C2HF3O2/c21-16-3-1-14(2-4-16)11-20(26)25-9-7-17(8-10-25)23-18-5-6-19-15(12-18)13-22-24-19;3-2(4,5)1(6)7/h1-6,12-13,17,23H,7-11H2,(H,22,24);(H,6,7). The molecule has 1 aliphatic rings. The van der Waals surface area contributed by atoms with Crippen LogP contribution in [0.2, 0.25) is 0 Å². The first-order valence-electron chi connectivity index (χ1n) is 10.1. The van der Waals surface area contributed by atoms with Crippen molar-refractivity contribution in [3.05, 3.63) is 58.7 Å². The molecule has 33 heavy (non-hydrogen) atoms. The molecule has 1 aromatic heterocycles. The molecule has 3 aromatic rings. The molecule has 0 unspecified atom stereocenters. The van der Waals surface area contributed by atoms with Gasteiger partial charge in [-0.15, -0.1) is 0 Å². The van der Waals surface area contributed by atoms with Gasteiger partial charge in [0.15, 0.2) is 0 Å². The molecule has 1 fully saturated rings. The van der Waals surface area contributed by atoms with E-state index in [2.05, 4.69) is 43.6 Å². The van der Waals surface area contributed by atoms with Crippen LogP contribution in [0.25, 0.3) is 10.9 Å². The number of halogens is 4. The lowest BCUT2D eigenvalue weighted by atomic mass is 10.0. The van der Waals surface area contributed by atoms with Crippen LogP contribution in [-0.4, -0.2) is 57.4 Å². The Hall–Kier alpha value is -3.08. The van der Waals surface area contributed by atoms with E-state index in [4.69, 9.17) is 9.90 Å². The Labute approximate surface area is 196 Å². The number of rotatable bonds is 4. The molecule has 0 radical (unpaired) electrons. The molecule has 7 nitrogen and oxygen atoms in total. The van der Waals surface area contributed by atoms with Gasteiger partial charge in [0.25, 0.3) is 0 Å². The Morgan fingerprint density at radius 1 is 1.15 bits per heavy atom. The largest absolute Gasteiger partial charge is 0.490 e. The van der Waals surface area contributed by atoms with E-state index >= 15 is 0 Å². The van der Waals surface area contributed by atoms with Crippen molar-refractivity contribution in [3.63, 3.8) is 0 Å². The van der Waals surface area contributed by atoms with E-state index in [0.29, 0.717) is 12.5 Å². The second kappa shape index (κ2) is 10.7. The Bertz CT molecular complexity index is 1090. The summed E-state index contributed by atoms with van der Waals surface area (Å²) in [5.74, 6) is -2.54. The maximum absolute atomic E-state index is 12.5. The first kappa shape index (κ1) is 24.6. The number of nitrogens with one attached hydrogen (secondary N) is 2. The van der Waals surface area contributed by atoms with Crippen LogP contribution in [0.15, 0.2) is 53.1 Å². The molecule has 3 N–H and O–H groups in total. The second-order valence-corrected chi connectivity index (χ2v) is 8.49. The SMILES string of the molecule is O=C(Cc1ccc(Br)cc1)N1CCC(Nc2ccc3[nH]ncc3c2)CC1.O=C(O)C(F)(F)F. The zero-order valence-electron chi connectivity index (χ0n) is 17.4. The third-order valence-electron chi connectivity index (χ3n) is 5.17. The summed E-state index contributed by atoms with van der Waals surface area (Å²) in [6.07, 6.45) is -0.836. The summed E-state index contributed by atoms with van der Waals surface area (Å²) in [7, 11) is 0. The number of alkyl halides is 3. The van der Waals surface area contributed by atoms with Crippen molar-refractivity contribution in [2.24, 2.45) is 0 Å². The number of hydrogen-bond acceptors (Lipinski definition) is 4. The first-order valence-corrected chi connectivity index (χ1v) is 10.9. The molecule has 0 bridgehead atoms. The van der Waals surface area contributed by atoms with Gasteiger partial charge in [-0.25, -0.2) is 4.79 Å². The first-order chi connectivity index (χ1) is 15.6. The van der Waals surface area contributed by atoms with E-state index < -0.39 is 12.1 Å². The third kappa shape index (κ3) is 7.21. The van der Waals surface area contributed by atoms with E-state index in [1.165, 1.54) is 0 Å². The van der Waals surface area contributed by atoms with Gasteiger partial charge < -0.3 is 15.3 Å². The van der Waals surface area contributed by atoms with Crippen molar-refractivity contribution in [2.75, 3.05) is 18.4 Å². The number of aromatic amines is 1. The van der Waals surface area contributed by atoms with E-state index in [1.807, 2.05) is 41.4 Å². The molecular weight excluding hydrogens is 505 g/mol. The van der Waals surface area contributed by atoms with Gasteiger partial charge in [0.2, 0.25) is 5.91 Å². The molecule has 4 rings (SSSR count). The fraction of sp³-hybridized carbons (Fsp3) is 0.318. The molecule has 1 saturated heterocycles. The number of H-pyrrole nitrogens is 1. The lowest BCUT2D eigenvalue weighted by Crippen LogP contribution is -2.43. The normalized spacial score (nSPS) is 14.5. The number of nitrogens with zero attached hydrogens (tertiary/aromatic N) is 2. The number of carbonyl (C=O) groups is 2. The molecule has 1 aliphatic heterocycles. The van der Waals surface area contributed by atoms with E-state index in [0.717, 1.165) is 52.6 Å². The number of carboxylic acid groups (broad SMARTS) is 1. The Kier molecular flexibility index (Phi) is 7.96. The molecule has 2 aromatic carbocycles. The molecular formula is C22H22BrF3N4O3. The Balaban J connectivity index is 0.000000383. The number of hydrogen-bond donors (Lipinski definition) is 3. The van der Waals surface area contributed by atoms with Crippen LogP contribution in [0.5, 0.6) is 0 Å². The summed E-state index contributed by atoms with van der Waals surface area (Å²) < 4.78 is 32.8. The zero-order chi connectivity index (χ0) is 24.0. The fourth-order valence-electron chi connectivity index (χ4n) is 3.43. The molecule has 0 spiro atoms. The predicted molar refractivity (Wildman–Crippen MR) is 121 cm³/mol. The van der Waals surface area contributed by atoms with Crippen LogP contribution < -0.4 is 5.32 Å². The van der Waals surface area contributed by atoms with Gasteiger partial charge in [0, 0.05) is 34.7 Å². The van der Waals surface area contributed by atoms with Gasteiger partial charge in [0.1, 0.15) is 0 Å². The van der Waals surface area contributed by atoms with Crippen molar-refractivity contribution in [1.29, 1.82) is 0 Å². The van der Waals surface area contributed by atoms with Gasteiger partial charge >= 0.3 is 12.1 Å². The highest BCUT2D eigenvalue weighted by atomic mass is 79.9. The number of benzene rings is 2. The highest BCUT2D eigenvalue weighted by Gasteiger charge is 2.38. The van der Waals surface area contributed by atoms with E-state index in [1.54, 1.807) is 0 Å². The maximum Gasteiger partial charge on any atom is 0.490 e. The van der Waals surface area contributed by atoms with Gasteiger partial charge in [-0.1, -0.05) is 28.1 Å². The number of carbonyl (C=O) groups excluding carboxylic acids is 1.